The van der Waals surface area contributed by atoms with Gasteiger partial charge in [-0.05, 0) is 34.1 Å². The molecule has 0 heterocycles. The second kappa shape index (κ2) is 7.00. The van der Waals surface area contributed by atoms with Crippen molar-refractivity contribution in [3.05, 3.63) is 27.1 Å². The molecule has 0 saturated carbocycles. The molecule has 0 aromatic heterocycles. The van der Waals surface area contributed by atoms with E-state index in [9.17, 15) is 8.42 Å². The van der Waals surface area contributed by atoms with Gasteiger partial charge in [-0.25, -0.2) is 13.1 Å². The summed E-state index contributed by atoms with van der Waals surface area (Å²) < 4.78 is 28.0. The van der Waals surface area contributed by atoms with Crippen molar-refractivity contribution in [3.63, 3.8) is 0 Å². The third-order valence-electron chi connectivity index (χ3n) is 2.15. The lowest BCUT2D eigenvalue weighted by Gasteiger charge is -2.11. The predicted octanol–water partition coefficient (Wildman–Crippen LogP) is 2.49. The van der Waals surface area contributed by atoms with Gasteiger partial charge in [0.1, 0.15) is 0 Å². The van der Waals surface area contributed by atoms with Crippen LogP contribution in [0.5, 0.6) is 0 Å². The number of nitrogens with one attached hydrogen (secondary N) is 2. The largest absolute Gasteiger partial charge is 0.313 e. The number of hydrogen-bond donors (Lipinski definition) is 2. The fraction of sp³-hybridized carbons (Fsp3) is 0.455. The van der Waals surface area contributed by atoms with Crippen molar-refractivity contribution in [2.75, 3.05) is 13.1 Å². The van der Waals surface area contributed by atoms with Crippen LogP contribution in [0.1, 0.15) is 13.8 Å². The van der Waals surface area contributed by atoms with E-state index < -0.39 is 10.0 Å². The summed E-state index contributed by atoms with van der Waals surface area (Å²) in [7, 11) is -3.48. The highest BCUT2D eigenvalue weighted by atomic mass is 79.9. The average molecular weight is 400 g/mol. The molecule has 0 radical (unpaired) electrons. The Bertz CT molecular complexity index is 504. The highest BCUT2D eigenvalue weighted by Crippen LogP contribution is 2.25. The summed E-state index contributed by atoms with van der Waals surface area (Å²) in [6.45, 7) is 4.99. The van der Waals surface area contributed by atoms with E-state index in [-0.39, 0.29) is 4.90 Å². The molecule has 0 bridgehead atoms. The molecule has 0 aliphatic carbocycles. The lowest BCUT2D eigenvalue weighted by molar-refractivity contribution is 0.559. The van der Waals surface area contributed by atoms with Crippen LogP contribution >= 0.6 is 31.9 Å². The van der Waals surface area contributed by atoms with Crippen molar-refractivity contribution in [1.29, 1.82) is 0 Å². The second-order valence-corrected chi connectivity index (χ2v) is 7.59. The minimum absolute atomic E-state index is 0.237. The summed E-state index contributed by atoms with van der Waals surface area (Å²) in [6, 6.07) is 5.39. The molecule has 0 aliphatic heterocycles. The molecular weight excluding hydrogens is 384 g/mol. The van der Waals surface area contributed by atoms with E-state index in [1.54, 1.807) is 18.2 Å². The molecular formula is C11H16Br2N2O2S. The van der Waals surface area contributed by atoms with Gasteiger partial charge in [-0.2, -0.15) is 0 Å². The third-order valence-corrected chi connectivity index (χ3v) is 5.10. The van der Waals surface area contributed by atoms with E-state index in [0.717, 1.165) is 4.47 Å². The Morgan fingerprint density at radius 2 is 1.89 bits per heavy atom. The molecule has 1 rings (SSSR count). The summed E-state index contributed by atoms with van der Waals surface area (Å²) in [5.41, 5.74) is 0. The first-order valence-electron chi connectivity index (χ1n) is 5.51. The van der Waals surface area contributed by atoms with Crippen LogP contribution in [-0.4, -0.2) is 27.5 Å². The summed E-state index contributed by atoms with van der Waals surface area (Å²) >= 11 is 6.51. The molecule has 0 atom stereocenters. The summed E-state index contributed by atoms with van der Waals surface area (Å²) in [5, 5.41) is 3.15. The van der Waals surface area contributed by atoms with Gasteiger partial charge in [0.25, 0.3) is 0 Å². The van der Waals surface area contributed by atoms with Crippen molar-refractivity contribution in [3.8, 4) is 0 Å². The normalized spacial score (nSPS) is 12.1. The number of benzene rings is 1. The highest BCUT2D eigenvalue weighted by Gasteiger charge is 2.17. The standard InChI is InChI=1S/C11H16Br2N2O2S/c1-8(2)14-5-6-15-18(16,17)11-7-9(12)3-4-10(11)13/h3-4,7-8,14-15H,5-6H2,1-2H3. The van der Waals surface area contributed by atoms with Gasteiger partial charge in [0.05, 0.1) is 4.90 Å². The minimum Gasteiger partial charge on any atom is -0.313 e. The van der Waals surface area contributed by atoms with Gasteiger partial charge in [0, 0.05) is 28.1 Å². The van der Waals surface area contributed by atoms with E-state index in [1.807, 2.05) is 13.8 Å². The van der Waals surface area contributed by atoms with Gasteiger partial charge in [-0.3, -0.25) is 0 Å². The Hall–Kier alpha value is 0.0500. The number of halogens is 2. The maximum atomic E-state index is 12.1. The average Bonchev–Trinajstić information content (AvgIpc) is 2.27. The second-order valence-electron chi connectivity index (χ2n) is 4.08. The first kappa shape index (κ1) is 16.1. The Morgan fingerprint density at radius 1 is 1.22 bits per heavy atom. The smallest absolute Gasteiger partial charge is 0.241 e. The van der Waals surface area contributed by atoms with Gasteiger partial charge in [0.15, 0.2) is 0 Å². The summed E-state index contributed by atoms with van der Waals surface area (Å²) in [5.74, 6) is 0. The fourth-order valence-corrected chi connectivity index (χ4v) is 3.84. The maximum Gasteiger partial charge on any atom is 0.241 e. The molecule has 0 spiro atoms. The molecule has 7 heteroatoms. The van der Waals surface area contributed by atoms with Gasteiger partial charge < -0.3 is 5.32 Å². The van der Waals surface area contributed by atoms with E-state index >= 15 is 0 Å². The van der Waals surface area contributed by atoms with Crippen molar-refractivity contribution in [1.82, 2.24) is 10.0 Å². The quantitative estimate of drug-likeness (QED) is 0.722. The van der Waals surface area contributed by atoms with E-state index in [1.165, 1.54) is 0 Å². The maximum absolute atomic E-state index is 12.1. The van der Waals surface area contributed by atoms with E-state index in [0.29, 0.717) is 23.6 Å². The third kappa shape index (κ3) is 4.97. The molecule has 1 aromatic carbocycles. The molecule has 0 fully saturated rings. The Labute approximate surface area is 125 Å². The van der Waals surface area contributed by atoms with E-state index in [4.69, 9.17) is 0 Å². The van der Waals surface area contributed by atoms with Gasteiger partial charge in [-0.15, -0.1) is 0 Å². The molecule has 0 aliphatic rings. The van der Waals surface area contributed by atoms with Crippen LogP contribution in [-0.2, 0) is 10.0 Å². The molecule has 102 valence electrons. The van der Waals surface area contributed by atoms with Crippen LogP contribution in [0.3, 0.4) is 0 Å². The van der Waals surface area contributed by atoms with Crippen LogP contribution in [0.2, 0.25) is 0 Å². The van der Waals surface area contributed by atoms with Crippen molar-refractivity contribution in [2.45, 2.75) is 24.8 Å². The van der Waals surface area contributed by atoms with Crippen LogP contribution in [0.4, 0.5) is 0 Å². The first-order valence-corrected chi connectivity index (χ1v) is 8.58. The zero-order valence-corrected chi connectivity index (χ0v) is 14.2. The first-order chi connectivity index (χ1) is 8.33. The zero-order valence-electron chi connectivity index (χ0n) is 10.2. The van der Waals surface area contributed by atoms with Gasteiger partial charge in [-0.1, -0.05) is 29.8 Å². The van der Waals surface area contributed by atoms with Crippen molar-refractivity contribution in [2.24, 2.45) is 0 Å². The SMILES string of the molecule is CC(C)NCCNS(=O)(=O)c1cc(Br)ccc1Br. The monoisotopic (exact) mass is 398 g/mol. The Balaban J connectivity index is 2.71. The summed E-state index contributed by atoms with van der Waals surface area (Å²) in [4.78, 5) is 0.237. The van der Waals surface area contributed by atoms with Crippen molar-refractivity contribution >= 4 is 41.9 Å². The lowest BCUT2D eigenvalue weighted by atomic mass is 10.4. The molecule has 0 unspecified atom stereocenters. The molecule has 2 N–H and O–H groups in total. The molecule has 18 heavy (non-hydrogen) atoms. The molecule has 0 saturated heterocycles. The van der Waals surface area contributed by atoms with Crippen LogP contribution in [0.15, 0.2) is 32.0 Å². The minimum atomic E-state index is -3.48. The summed E-state index contributed by atoms with van der Waals surface area (Å²) in [6.07, 6.45) is 0. The van der Waals surface area contributed by atoms with Gasteiger partial charge in [0.2, 0.25) is 10.0 Å². The van der Waals surface area contributed by atoms with Crippen LogP contribution in [0, 0.1) is 0 Å². The van der Waals surface area contributed by atoms with Crippen molar-refractivity contribution < 1.29 is 8.42 Å². The molecule has 0 amide bonds. The van der Waals surface area contributed by atoms with E-state index in [2.05, 4.69) is 41.9 Å². The fourth-order valence-electron chi connectivity index (χ4n) is 1.31. The Kier molecular flexibility index (Phi) is 6.26. The topological polar surface area (TPSA) is 58.2 Å². The van der Waals surface area contributed by atoms with Gasteiger partial charge >= 0.3 is 0 Å². The number of rotatable bonds is 6. The highest BCUT2D eigenvalue weighted by molar-refractivity contribution is 9.11. The number of hydrogen-bond acceptors (Lipinski definition) is 3. The zero-order chi connectivity index (χ0) is 13.8. The molecule has 4 nitrogen and oxygen atoms in total. The Morgan fingerprint density at radius 3 is 2.50 bits per heavy atom. The molecule has 1 aromatic rings. The predicted molar refractivity (Wildman–Crippen MR) is 80.2 cm³/mol. The lowest BCUT2D eigenvalue weighted by Crippen LogP contribution is -2.34. The van der Waals surface area contributed by atoms with Crippen LogP contribution < -0.4 is 10.0 Å². The number of sulfonamides is 1. The van der Waals surface area contributed by atoms with Crippen LogP contribution in [0.25, 0.3) is 0 Å².